The lowest BCUT2D eigenvalue weighted by Gasteiger charge is -2.01. The Morgan fingerprint density at radius 1 is 1.80 bits per heavy atom. The van der Waals surface area contributed by atoms with Gasteiger partial charge in [0.25, 0.3) is 0 Å². The van der Waals surface area contributed by atoms with E-state index in [9.17, 15) is 0 Å². The molecule has 0 aliphatic rings. The van der Waals surface area contributed by atoms with E-state index in [4.69, 9.17) is 11.5 Å². The van der Waals surface area contributed by atoms with E-state index in [-0.39, 0.29) is 6.04 Å². The molecule has 0 radical (unpaired) electrons. The van der Waals surface area contributed by atoms with E-state index in [0.717, 1.165) is 9.61 Å². The zero-order chi connectivity index (χ0) is 7.56. The number of thiazole rings is 1. The van der Waals surface area contributed by atoms with Crippen LogP contribution in [0.2, 0.25) is 0 Å². The Kier molecular flexibility index (Phi) is 2.79. The highest BCUT2D eigenvalue weighted by Crippen LogP contribution is 2.18. The summed E-state index contributed by atoms with van der Waals surface area (Å²) < 4.78 is 0.830. The zero-order valence-electron chi connectivity index (χ0n) is 5.25. The second-order valence-corrected chi connectivity index (χ2v) is 3.55. The van der Waals surface area contributed by atoms with Gasteiger partial charge in [0.05, 0.1) is 6.04 Å². The van der Waals surface area contributed by atoms with Gasteiger partial charge in [-0.15, -0.1) is 11.3 Å². The summed E-state index contributed by atoms with van der Waals surface area (Å²) in [6, 6.07) is -0.115. The lowest BCUT2D eigenvalue weighted by atomic mass is 10.3. The second-order valence-electron chi connectivity index (χ2n) is 1.85. The van der Waals surface area contributed by atoms with Crippen LogP contribution in [0.4, 0.5) is 0 Å². The van der Waals surface area contributed by atoms with E-state index in [0.29, 0.717) is 6.54 Å². The highest BCUT2D eigenvalue weighted by Gasteiger charge is 2.06. The van der Waals surface area contributed by atoms with Gasteiger partial charge in [0.15, 0.2) is 0 Å². The van der Waals surface area contributed by atoms with Crippen molar-refractivity contribution in [2.75, 3.05) is 6.54 Å². The minimum absolute atomic E-state index is 0.115. The first-order valence-corrected chi connectivity index (χ1v) is 4.48. The average molecular weight is 222 g/mol. The zero-order valence-corrected chi connectivity index (χ0v) is 7.65. The van der Waals surface area contributed by atoms with Gasteiger partial charge in [0.1, 0.15) is 9.61 Å². The van der Waals surface area contributed by atoms with Gasteiger partial charge in [0.2, 0.25) is 0 Å². The molecule has 1 rings (SSSR count). The minimum atomic E-state index is -0.115. The quantitative estimate of drug-likeness (QED) is 0.780. The van der Waals surface area contributed by atoms with Crippen molar-refractivity contribution in [3.05, 3.63) is 15.0 Å². The van der Waals surface area contributed by atoms with Crippen molar-refractivity contribution in [3.8, 4) is 0 Å². The SMILES string of the molecule is NCC(N)c1nc(Br)cs1. The third-order valence-electron chi connectivity index (χ3n) is 1.07. The lowest BCUT2D eigenvalue weighted by Crippen LogP contribution is -2.20. The van der Waals surface area contributed by atoms with Crippen molar-refractivity contribution < 1.29 is 0 Å². The average Bonchev–Trinajstić information content (AvgIpc) is 2.34. The fourth-order valence-corrected chi connectivity index (χ4v) is 1.82. The highest BCUT2D eigenvalue weighted by atomic mass is 79.9. The lowest BCUT2D eigenvalue weighted by molar-refractivity contribution is 0.728. The van der Waals surface area contributed by atoms with Gasteiger partial charge < -0.3 is 11.5 Å². The van der Waals surface area contributed by atoms with Crippen molar-refractivity contribution in [3.63, 3.8) is 0 Å². The topological polar surface area (TPSA) is 64.9 Å². The molecular formula is C5H8BrN3S. The number of hydrogen-bond acceptors (Lipinski definition) is 4. The molecule has 0 aromatic carbocycles. The van der Waals surface area contributed by atoms with Gasteiger partial charge in [-0.25, -0.2) is 4.98 Å². The van der Waals surface area contributed by atoms with E-state index >= 15 is 0 Å². The Hall–Kier alpha value is 0.0300. The molecular weight excluding hydrogens is 214 g/mol. The van der Waals surface area contributed by atoms with Crippen LogP contribution in [0.15, 0.2) is 9.98 Å². The Morgan fingerprint density at radius 2 is 2.50 bits per heavy atom. The minimum Gasteiger partial charge on any atom is -0.329 e. The Bertz CT molecular complexity index is 212. The van der Waals surface area contributed by atoms with Crippen LogP contribution in [0.1, 0.15) is 11.0 Å². The molecule has 1 unspecified atom stereocenters. The number of rotatable bonds is 2. The van der Waals surface area contributed by atoms with Crippen molar-refractivity contribution in [1.29, 1.82) is 0 Å². The summed E-state index contributed by atoms with van der Waals surface area (Å²) in [5.74, 6) is 0. The largest absolute Gasteiger partial charge is 0.329 e. The molecule has 56 valence electrons. The van der Waals surface area contributed by atoms with E-state index in [1.807, 2.05) is 5.38 Å². The molecule has 1 heterocycles. The summed E-state index contributed by atoms with van der Waals surface area (Å²) in [7, 11) is 0. The van der Waals surface area contributed by atoms with Crippen LogP contribution in [0.5, 0.6) is 0 Å². The third-order valence-corrected chi connectivity index (χ3v) is 2.75. The predicted molar refractivity (Wildman–Crippen MR) is 45.8 cm³/mol. The van der Waals surface area contributed by atoms with Gasteiger partial charge in [-0.2, -0.15) is 0 Å². The molecule has 0 fully saturated rings. The van der Waals surface area contributed by atoms with Crippen LogP contribution < -0.4 is 11.5 Å². The van der Waals surface area contributed by atoms with Gasteiger partial charge in [-0.1, -0.05) is 0 Å². The molecule has 1 aromatic rings. The van der Waals surface area contributed by atoms with Gasteiger partial charge in [0, 0.05) is 11.9 Å². The smallest absolute Gasteiger partial charge is 0.117 e. The monoisotopic (exact) mass is 221 g/mol. The van der Waals surface area contributed by atoms with Crippen LogP contribution in [-0.4, -0.2) is 11.5 Å². The summed E-state index contributed by atoms with van der Waals surface area (Å²) in [5.41, 5.74) is 10.9. The fourth-order valence-electron chi connectivity index (χ4n) is 0.538. The molecule has 0 saturated carbocycles. The van der Waals surface area contributed by atoms with Crippen LogP contribution in [0.3, 0.4) is 0 Å². The third kappa shape index (κ3) is 1.76. The van der Waals surface area contributed by atoms with Crippen LogP contribution in [-0.2, 0) is 0 Å². The van der Waals surface area contributed by atoms with Crippen LogP contribution in [0, 0.1) is 0 Å². The molecule has 0 aliphatic heterocycles. The summed E-state index contributed by atoms with van der Waals surface area (Å²) in [5, 5.41) is 2.78. The maximum atomic E-state index is 5.61. The van der Waals surface area contributed by atoms with Crippen molar-refractivity contribution in [2.24, 2.45) is 11.5 Å². The maximum Gasteiger partial charge on any atom is 0.117 e. The first-order valence-electron chi connectivity index (χ1n) is 2.80. The normalized spacial score (nSPS) is 13.5. The Morgan fingerprint density at radius 3 is 2.90 bits per heavy atom. The standard InChI is InChI=1S/C5H8BrN3S/c6-4-2-10-5(9-4)3(8)1-7/h2-3H,1,7-8H2. The molecule has 1 aromatic heterocycles. The van der Waals surface area contributed by atoms with E-state index in [2.05, 4.69) is 20.9 Å². The maximum absolute atomic E-state index is 5.61. The summed E-state index contributed by atoms with van der Waals surface area (Å²) >= 11 is 4.75. The second kappa shape index (κ2) is 3.43. The molecule has 0 bridgehead atoms. The van der Waals surface area contributed by atoms with Gasteiger partial charge in [-0.05, 0) is 15.9 Å². The van der Waals surface area contributed by atoms with Gasteiger partial charge >= 0.3 is 0 Å². The number of nitrogens with zero attached hydrogens (tertiary/aromatic N) is 1. The number of hydrogen-bond donors (Lipinski definition) is 2. The predicted octanol–water partition coefficient (Wildman–Crippen LogP) is 0.864. The van der Waals surface area contributed by atoms with Crippen molar-refractivity contribution >= 4 is 27.3 Å². The molecule has 0 amide bonds. The molecule has 0 saturated heterocycles. The van der Waals surface area contributed by atoms with E-state index in [1.165, 1.54) is 11.3 Å². The fraction of sp³-hybridized carbons (Fsp3) is 0.400. The number of aromatic nitrogens is 1. The van der Waals surface area contributed by atoms with E-state index in [1.54, 1.807) is 0 Å². The van der Waals surface area contributed by atoms with Crippen molar-refractivity contribution in [2.45, 2.75) is 6.04 Å². The first kappa shape index (κ1) is 8.13. The highest BCUT2D eigenvalue weighted by molar-refractivity contribution is 9.10. The number of nitrogens with two attached hydrogens (primary N) is 2. The van der Waals surface area contributed by atoms with E-state index < -0.39 is 0 Å². The van der Waals surface area contributed by atoms with Crippen LogP contribution in [0.25, 0.3) is 0 Å². The molecule has 10 heavy (non-hydrogen) atoms. The summed E-state index contributed by atoms with van der Waals surface area (Å²) in [6.07, 6.45) is 0. The van der Waals surface area contributed by atoms with Gasteiger partial charge in [-0.3, -0.25) is 0 Å². The number of halogens is 1. The molecule has 3 nitrogen and oxygen atoms in total. The van der Waals surface area contributed by atoms with Crippen LogP contribution >= 0.6 is 27.3 Å². The first-order chi connectivity index (χ1) is 4.74. The molecule has 0 spiro atoms. The summed E-state index contributed by atoms with van der Waals surface area (Å²) in [6.45, 7) is 0.444. The Balaban J connectivity index is 2.74. The Labute approximate surface area is 71.6 Å². The van der Waals surface area contributed by atoms with Crippen molar-refractivity contribution in [1.82, 2.24) is 4.98 Å². The molecule has 0 aliphatic carbocycles. The molecule has 5 heteroatoms. The molecule has 1 atom stereocenters. The molecule has 4 N–H and O–H groups in total. The summed E-state index contributed by atoms with van der Waals surface area (Å²) in [4.78, 5) is 4.11.